The average Bonchev–Trinajstić information content (AvgIpc) is 3.03. The number of aryl methyl sites for hydroxylation is 1. The van der Waals surface area contributed by atoms with Crippen LogP contribution < -0.4 is 8.92 Å². The van der Waals surface area contributed by atoms with Crippen LogP contribution in [0.5, 0.6) is 11.5 Å². The van der Waals surface area contributed by atoms with Gasteiger partial charge in [0.2, 0.25) is 5.78 Å². The molecule has 0 bridgehead atoms. The number of carbonyl (C=O) groups is 1. The first-order valence-corrected chi connectivity index (χ1v) is 10.6. The van der Waals surface area contributed by atoms with Crippen molar-refractivity contribution in [1.29, 1.82) is 0 Å². The van der Waals surface area contributed by atoms with E-state index >= 15 is 0 Å². The smallest absolute Gasteiger partial charge is 0.339 e. The maximum Gasteiger partial charge on any atom is 0.339 e. The number of carbonyl (C=O) groups excluding carboxylic acids is 1. The average molecular weight is 424 g/mol. The first-order valence-electron chi connectivity index (χ1n) is 9.23. The van der Waals surface area contributed by atoms with Gasteiger partial charge in [0.1, 0.15) is 22.2 Å². The van der Waals surface area contributed by atoms with Crippen molar-refractivity contribution in [3.63, 3.8) is 0 Å². The van der Waals surface area contributed by atoms with Gasteiger partial charge >= 0.3 is 10.1 Å². The molecule has 3 aromatic carbocycles. The van der Waals surface area contributed by atoms with Crippen LogP contribution in [-0.2, 0) is 16.5 Å². The van der Waals surface area contributed by atoms with Crippen molar-refractivity contribution in [2.24, 2.45) is 0 Å². The van der Waals surface area contributed by atoms with Gasteiger partial charge in [-0.1, -0.05) is 31.2 Å². The van der Waals surface area contributed by atoms with E-state index in [-0.39, 0.29) is 27.9 Å². The fourth-order valence-corrected chi connectivity index (χ4v) is 3.92. The lowest BCUT2D eigenvalue weighted by atomic mass is 10.1. The van der Waals surface area contributed by atoms with E-state index in [0.29, 0.717) is 5.56 Å². The molecule has 0 spiro atoms. The Morgan fingerprint density at radius 1 is 1.00 bits per heavy atom. The molecule has 1 aliphatic heterocycles. The molecule has 0 saturated heterocycles. The van der Waals surface area contributed by atoms with Gasteiger partial charge in [-0.25, -0.2) is 4.39 Å². The topological polar surface area (TPSA) is 69.7 Å². The predicted molar refractivity (Wildman–Crippen MR) is 109 cm³/mol. The highest BCUT2D eigenvalue weighted by molar-refractivity contribution is 7.87. The Morgan fingerprint density at radius 3 is 2.37 bits per heavy atom. The van der Waals surface area contributed by atoms with Crippen LogP contribution in [0.25, 0.3) is 6.08 Å². The lowest BCUT2D eigenvalue weighted by Gasteiger charge is -2.08. The third-order valence-electron chi connectivity index (χ3n) is 4.64. The maximum atomic E-state index is 13.0. The van der Waals surface area contributed by atoms with Gasteiger partial charge in [-0.05, 0) is 60.0 Å². The maximum absolute atomic E-state index is 13.0. The van der Waals surface area contributed by atoms with Crippen molar-refractivity contribution >= 4 is 22.0 Å². The third kappa shape index (κ3) is 3.97. The number of hydrogen-bond acceptors (Lipinski definition) is 5. The van der Waals surface area contributed by atoms with Gasteiger partial charge in [0.15, 0.2) is 5.76 Å². The number of halogens is 1. The minimum Gasteiger partial charge on any atom is -0.452 e. The molecule has 0 amide bonds. The summed E-state index contributed by atoms with van der Waals surface area (Å²) in [6.07, 6.45) is 2.55. The molecule has 0 fully saturated rings. The molecule has 3 aromatic rings. The highest BCUT2D eigenvalue weighted by atomic mass is 32.2. The number of Topliss-reactive ketones (excluding diaryl/α,β-unsaturated/α-hetero) is 1. The molecular formula is C23H17FO5S. The van der Waals surface area contributed by atoms with Gasteiger partial charge in [-0.3, -0.25) is 4.79 Å². The fourth-order valence-electron chi connectivity index (χ4n) is 3.00. The van der Waals surface area contributed by atoms with Crippen molar-refractivity contribution in [3.8, 4) is 11.5 Å². The van der Waals surface area contributed by atoms with Crippen LogP contribution in [0.3, 0.4) is 0 Å². The van der Waals surface area contributed by atoms with E-state index < -0.39 is 15.9 Å². The Morgan fingerprint density at radius 2 is 1.70 bits per heavy atom. The number of ether oxygens (including phenoxy) is 1. The normalized spacial score (nSPS) is 14.5. The summed E-state index contributed by atoms with van der Waals surface area (Å²) in [7, 11) is -4.15. The van der Waals surface area contributed by atoms with Gasteiger partial charge in [-0.15, -0.1) is 0 Å². The lowest BCUT2D eigenvalue weighted by Crippen LogP contribution is -2.09. The number of ketones is 1. The molecule has 0 radical (unpaired) electrons. The van der Waals surface area contributed by atoms with E-state index in [2.05, 4.69) is 6.92 Å². The van der Waals surface area contributed by atoms with Crippen LogP contribution in [0.2, 0.25) is 0 Å². The minimum atomic E-state index is -4.15. The van der Waals surface area contributed by atoms with Crippen LogP contribution in [0, 0.1) is 5.82 Å². The molecule has 152 valence electrons. The summed E-state index contributed by atoms with van der Waals surface area (Å²) in [6.45, 7) is 2.06. The third-order valence-corrected chi connectivity index (χ3v) is 5.90. The molecule has 0 aliphatic carbocycles. The number of rotatable bonds is 5. The van der Waals surface area contributed by atoms with Crippen molar-refractivity contribution in [2.75, 3.05) is 0 Å². The Bertz CT molecular complexity index is 1240. The molecule has 0 N–H and O–H groups in total. The fraction of sp³-hybridized carbons (Fsp3) is 0.0870. The van der Waals surface area contributed by atoms with Crippen molar-refractivity contribution in [3.05, 3.63) is 95.0 Å². The van der Waals surface area contributed by atoms with E-state index in [9.17, 15) is 17.6 Å². The number of benzene rings is 3. The highest BCUT2D eigenvalue weighted by Gasteiger charge is 2.28. The van der Waals surface area contributed by atoms with Gasteiger partial charge in [0.25, 0.3) is 0 Å². The summed E-state index contributed by atoms with van der Waals surface area (Å²) >= 11 is 0. The van der Waals surface area contributed by atoms with E-state index in [4.69, 9.17) is 8.92 Å². The summed E-state index contributed by atoms with van der Waals surface area (Å²) in [5, 5.41) is 0. The SMILES string of the molecule is CCc1ccc(C=C2Oc3cc(OS(=O)(=O)c4ccc(F)cc4)ccc3C2=O)cc1. The Kier molecular flexibility index (Phi) is 5.13. The molecule has 30 heavy (non-hydrogen) atoms. The standard InChI is InChI=1S/C23H17FO5S/c1-2-15-3-5-16(6-4-15)13-22-23(25)20-12-9-18(14-21(20)28-22)29-30(26,27)19-10-7-17(24)8-11-19/h3-14H,2H2,1H3. The van der Waals surface area contributed by atoms with Crippen LogP contribution in [0.15, 0.2) is 77.4 Å². The molecule has 0 unspecified atom stereocenters. The number of hydrogen-bond donors (Lipinski definition) is 0. The van der Waals surface area contributed by atoms with Crippen molar-refractivity contribution < 1.29 is 26.5 Å². The van der Waals surface area contributed by atoms with Gasteiger partial charge in [0.05, 0.1) is 5.56 Å². The van der Waals surface area contributed by atoms with Crippen LogP contribution in [0.1, 0.15) is 28.4 Å². The Labute approximate surface area is 173 Å². The number of fused-ring (bicyclic) bond motifs is 1. The summed E-state index contributed by atoms with van der Waals surface area (Å²) in [6, 6.07) is 16.2. The zero-order valence-electron chi connectivity index (χ0n) is 16.0. The number of allylic oxidation sites excluding steroid dienone is 1. The van der Waals surface area contributed by atoms with E-state index in [0.717, 1.165) is 36.2 Å². The van der Waals surface area contributed by atoms with E-state index in [1.165, 1.54) is 23.8 Å². The van der Waals surface area contributed by atoms with E-state index in [1.807, 2.05) is 24.3 Å². The Hall–Kier alpha value is -3.45. The van der Waals surface area contributed by atoms with E-state index in [1.54, 1.807) is 6.08 Å². The second-order valence-electron chi connectivity index (χ2n) is 6.68. The molecule has 0 saturated carbocycles. The first kappa shape index (κ1) is 19.8. The van der Waals surface area contributed by atoms with Gasteiger partial charge in [0, 0.05) is 6.07 Å². The van der Waals surface area contributed by atoms with Crippen LogP contribution >= 0.6 is 0 Å². The van der Waals surface area contributed by atoms with Gasteiger partial charge in [-0.2, -0.15) is 8.42 Å². The van der Waals surface area contributed by atoms with Crippen LogP contribution in [-0.4, -0.2) is 14.2 Å². The minimum absolute atomic E-state index is 0.0144. The summed E-state index contributed by atoms with van der Waals surface area (Å²) in [4.78, 5) is 12.4. The predicted octanol–water partition coefficient (Wildman–Crippen LogP) is 4.77. The Balaban J connectivity index is 1.57. The molecule has 0 atom stereocenters. The lowest BCUT2D eigenvalue weighted by molar-refractivity contribution is 0.101. The molecule has 5 nitrogen and oxygen atoms in total. The van der Waals surface area contributed by atoms with Crippen molar-refractivity contribution in [2.45, 2.75) is 18.2 Å². The monoisotopic (exact) mass is 424 g/mol. The molecule has 1 aliphatic rings. The summed E-state index contributed by atoms with van der Waals surface area (Å²) in [5.74, 6) is -0.505. The van der Waals surface area contributed by atoms with Crippen molar-refractivity contribution in [1.82, 2.24) is 0 Å². The van der Waals surface area contributed by atoms with Gasteiger partial charge < -0.3 is 8.92 Å². The molecule has 1 heterocycles. The molecule has 0 aromatic heterocycles. The van der Waals surface area contributed by atoms with Crippen LogP contribution in [0.4, 0.5) is 4.39 Å². The summed E-state index contributed by atoms with van der Waals surface area (Å²) < 4.78 is 48.5. The zero-order valence-corrected chi connectivity index (χ0v) is 16.8. The summed E-state index contributed by atoms with van der Waals surface area (Å²) in [5.41, 5.74) is 2.32. The largest absolute Gasteiger partial charge is 0.452 e. The first-order chi connectivity index (χ1) is 14.4. The second kappa shape index (κ2) is 7.76. The molecule has 7 heteroatoms. The molecular weight excluding hydrogens is 407 g/mol. The highest BCUT2D eigenvalue weighted by Crippen LogP contribution is 2.35. The second-order valence-corrected chi connectivity index (χ2v) is 8.23. The quantitative estimate of drug-likeness (QED) is 0.436. The zero-order chi connectivity index (χ0) is 21.3. The molecule has 4 rings (SSSR count).